The van der Waals surface area contributed by atoms with Crippen molar-refractivity contribution in [2.24, 2.45) is 5.92 Å². The molecular formula is C8H14N2O2. The molecule has 2 amide bonds. The topological polar surface area (TPSA) is 58.2 Å². The Hall–Kier alpha value is -0.900. The molecule has 68 valence electrons. The van der Waals surface area contributed by atoms with E-state index in [0.717, 1.165) is 6.54 Å². The van der Waals surface area contributed by atoms with Crippen LogP contribution in [0.5, 0.6) is 0 Å². The maximum atomic E-state index is 11.1. The van der Waals surface area contributed by atoms with Crippen molar-refractivity contribution in [1.29, 1.82) is 0 Å². The summed E-state index contributed by atoms with van der Waals surface area (Å²) in [4.78, 5) is 21.9. The molecule has 2 unspecified atom stereocenters. The van der Waals surface area contributed by atoms with Gasteiger partial charge in [-0.2, -0.15) is 0 Å². The van der Waals surface area contributed by atoms with Gasteiger partial charge in [0.25, 0.3) is 0 Å². The van der Waals surface area contributed by atoms with Gasteiger partial charge in [-0.25, -0.2) is 0 Å². The lowest BCUT2D eigenvalue weighted by Gasteiger charge is -2.16. The zero-order valence-electron chi connectivity index (χ0n) is 7.39. The molecule has 0 aromatic heterocycles. The highest BCUT2D eigenvalue weighted by atomic mass is 16.2. The maximum Gasteiger partial charge on any atom is 0.231 e. The Labute approximate surface area is 71.7 Å². The predicted octanol–water partition coefficient (Wildman–Crippen LogP) is -0.353. The van der Waals surface area contributed by atoms with E-state index >= 15 is 0 Å². The van der Waals surface area contributed by atoms with Crippen molar-refractivity contribution in [2.45, 2.75) is 26.3 Å². The Morgan fingerprint density at radius 2 is 2.33 bits per heavy atom. The molecule has 0 saturated carbocycles. The summed E-state index contributed by atoms with van der Waals surface area (Å²) < 4.78 is 0. The summed E-state index contributed by atoms with van der Waals surface area (Å²) >= 11 is 0. The number of hydrogen-bond acceptors (Lipinski definition) is 3. The van der Waals surface area contributed by atoms with Gasteiger partial charge < -0.3 is 5.32 Å². The fraction of sp³-hybridized carbons (Fsp3) is 0.750. The first-order chi connectivity index (χ1) is 5.65. The van der Waals surface area contributed by atoms with Crippen molar-refractivity contribution in [2.75, 3.05) is 6.54 Å². The van der Waals surface area contributed by atoms with Crippen LogP contribution in [0.25, 0.3) is 0 Å². The van der Waals surface area contributed by atoms with Crippen LogP contribution in [0.15, 0.2) is 0 Å². The Morgan fingerprint density at radius 3 is 2.75 bits per heavy atom. The van der Waals surface area contributed by atoms with Crippen LogP contribution in [0.1, 0.15) is 20.3 Å². The van der Waals surface area contributed by atoms with Crippen LogP contribution in [-0.4, -0.2) is 24.4 Å². The summed E-state index contributed by atoms with van der Waals surface area (Å²) in [5.74, 6) is -0.486. The number of carbonyl (C=O) groups excluding carboxylic acids is 2. The average molecular weight is 170 g/mol. The number of amides is 2. The fourth-order valence-electron chi connectivity index (χ4n) is 1.44. The van der Waals surface area contributed by atoms with Gasteiger partial charge in [0.2, 0.25) is 11.8 Å². The second kappa shape index (κ2) is 3.67. The molecule has 0 radical (unpaired) electrons. The summed E-state index contributed by atoms with van der Waals surface area (Å²) in [7, 11) is 0. The third-order valence-corrected chi connectivity index (χ3v) is 2.13. The van der Waals surface area contributed by atoms with Gasteiger partial charge in [-0.15, -0.1) is 0 Å². The normalized spacial score (nSPS) is 25.7. The standard InChI is InChI=1S/C8H14N2O2/c1-3-9-5(2)6-4-7(11)10-8(6)12/h5-6,9H,3-4H2,1-2H3,(H,10,11,12). The monoisotopic (exact) mass is 170 g/mol. The summed E-state index contributed by atoms with van der Waals surface area (Å²) in [5.41, 5.74) is 0. The molecule has 0 bridgehead atoms. The summed E-state index contributed by atoms with van der Waals surface area (Å²) in [6, 6.07) is 0.0847. The van der Waals surface area contributed by atoms with Gasteiger partial charge >= 0.3 is 0 Å². The van der Waals surface area contributed by atoms with E-state index in [0.29, 0.717) is 6.42 Å². The molecule has 1 aliphatic rings. The molecule has 0 aromatic carbocycles. The van der Waals surface area contributed by atoms with Gasteiger partial charge in [-0.3, -0.25) is 14.9 Å². The molecule has 4 heteroatoms. The van der Waals surface area contributed by atoms with Gasteiger partial charge in [0.1, 0.15) is 0 Å². The Balaban J connectivity index is 2.51. The van der Waals surface area contributed by atoms with Crippen LogP contribution < -0.4 is 10.6 Å². The van der Waals surface area contributed by atoms with Crippen molar-refractivity contribution < 1.29 is 9.59 Å². The third-order valence-electron chi connectivity index (χ3n) is 2.13. The van der Waals surface area contributed by atoms with Gasteiger partial charge in [0.15, 0.2) is 0 Å². The van der Waals surface area contributed by atoms with E-state index in [-0.39, 0.29) is 23.8 Å². The van der Waals surface area contributed by atoms with E-state index in [1.807, 2.05) is 13.8 Å². The van der Waals surface area contributed by atoms with Gasteiger partial charge in [0, 0.05) is 12.5 Å². The number of rotatable bonds is 3. The van der Waals surface area contributed by atoms with Crippen LogP contribution in [0.4, 0.5) is 0 Å². The largest absolute Gasteiger partial charge is 0.314 e. The van der Waals surface area contributed by atoms with Gasteiger partial charge in [-0.1, -0.05) is 6.92 Å². The average Bonchev–Trinajstić information content (AvgIpc) is 2.30. The number of nitrogens with one attached hydrogen (secondary N) is 2. The second-order valence-electron chi connectivity index (χ2n) is 3.07. The van der Waals surface area contributed by atoms with Crippen LogP contribution in [0.3, 0.4) is 0 Å². The van der Waals surface area contributed by atoms with E-state index in [9.17, 15) is 9.59 Å². The smallest absolute Gasteiger partial charge is 0.231 e. The lowest BCUT2D eigenvalue weighted by molar-refractivity contribution is -0.126. The number of hydrogen-bond donors (Lipinski definition) is 2. The number of carbonyl (C=O) groups is 2. The molecule has 1 aliphatic heterocycles. The van der Waals surface area contributed by atoms with Crippen molar-refractivity contribution in [3.63, 3.8) is 0 Å². The van der Waals surface area contributed by atoms with Crippen molar-refractivity contribution in [3.8, 4) is 0 Å². The highest BCUT2D eigenvalue weighted by Crippen LogP contribution is 2.14. The molecule has 2 N–H and O–H groups in total. The Kier molecular flexibility index (Phi) is 2.81. The molecule has 4 nitrogen and oxygen atoms in total. The van der Waals surface area contributed by atoms with Crippen molar-refractivity contribution in [1.82, 2.24) is 10.6 Å². The molecule has 0 aliphatic carbocycles. The molecule has 1 heterocycles. The van der Waals surface area contributed by atoms with Crippen LogP contribution in [0.2, 0.25) is 0 Å². The zero-order valence-corrected chi connectivity index (χ0v) is 7.39. The molecule has 1 rings (SSSR count). The molecule has 0 aromatic rings. The SMILES string of the molecule is CCNC(C)C1CC(=O)NC1=O. The van der Waals surface area contributed by atoms with Crippen LogP contribution >= 0.6 is 0 Å². The molecule has 1 saturated heterocycles. The quantitative estimate of drug-likeness (QED) is 0.569. The van der Waals surface area contributed by atoms with Crippen molar-refractivity contribution in [3.05, 3.63) is 0 Å². The van der Waals surface area contributed by atoms with E-state index in [1.165, 1.54) is 0 Å². The van der Waals surface area contributed by atoms with E-state index < -0.39 is 0 Å². The summed E-state index contributed by atoms with van der Waals surface area (Å²) in [6.07, 6.45) is 0.326. The molecule has 2 atom stereocenters. The van der Waals surface area contributed by atoms with E-state index in [4.69, 9.17) is 0 Å². The predicted molar refractivity (Wildman–Crippen MR) is 44.4 cm³/mol. The van der Waals surface area contributed by atoms with Crippen molar-refractivity contribution >= 4 is 11.8 Å². The first-order valence-electron chi connectivity index (χ1n) is 4.22. The second-order valence-corrected chi connectivity index (χ2v) is 3.07. The molecular weight excluding hydrogens is 156 g/mol. The van der Waals surface area contributed by atoms with Crippen LogP contribution in [-0.2, 0) is 9.59 Å². The zero-order chi connectivity index (χ0) is 9.14. The Bertz CT molecular complexity index is 203. The molecule has 0 spiro atoms. The van der Waals surface area contributed by atoms with E-state index in [1.54, 1.807) is 0 Å². The maximum absolute atomic E-state index is 11.1. The highest BCUT2D eigenvalue weighted by molar-refractivity contribution is 6.03. The third kappa shape index (κ3) is 1.82. The van der Waals surface area contributed by atoms with Gasteiger partial charge in [-0.05, 0) is 13.5 Å². The first kappa shape index (κ1) is 9.19. The molecule has 1 fully saturated rings. The fourth-order valence-corrected chi connectivity index (χ4v) is 1.44. The van der Waals surface area contributed by atoms with Crippen LogP contribution in [0, 0.1) is 5.92 Å². The lowest BCUT2D eigenvalue weighted by atomic mass is 10.00. The van der Waals surface area contributed by atoms with E-state index in [2.05, 4.69) is 10.6 Å². The minimum atomic E-state index is -0.183. The lowest BCUT2D eigenvalue weighted by Crippen LogP contribution is -2.37. The first-order valence-corrected chi connectivity index (χ1v) is 4.22. The summed E-state index contributed by atoms with van der Waals surface area (Å²) in [6.45, 7) is 4.72. The highest BCUT2D eigenvalue weighted by Gasteiger charge is 2.34. The minimum Gasteiger partial charge on any atom is -0.314 e. The minimum absolute atomic E-state index is 0.0847. The summed E-state index contributed by atoms with van der Waals surface area (Å²) in [5, 5.41) is 5.41. The number of imide groups is 1. The Morgan fingerprint density at radius 1 is 1.67 bits per heavy atom. The van der Waals surface area contributed by atoms with Gasteiger partial charge in [0.05, 0.1) is 5.92 Å². The molecule has 12 heavy (non-hydrogen) atoms.